The third-order valence-electron chi connectivity index (χ3n) is 1.94. The Labute approximate surface area is 98.0 Å². The van der Waals surface area contributed by atoms with Crippen LogP contribution in [0.1, 0.15) is 0 Å². The van der Waals surface area contributed by atoms with Crippen LogP contribution in [0.3, 0.4) is 0 Å². The van der Waals surface area contributed by atoms with Gasteiger partial charge in [-0.3, -0.25) is 4.79 Å². The van der Waals surface area contributed by atoms with E-state index in [0.717, 1.165) is 5.69 Å². The third-order valence-corrected chi connectivity index (χ3v) is 2.98. The van der Waals surface area contributed by atoms with Crippen LogP contribution in [-0.4, -0.2) is 22.9 Å². The van der Waals surface area contributed by atoms with Gasteiger partial charge < -0.3 is 5.32 Å². The Morgan fingerprint density at radius 1 is 1.44 bits per heavy atom. The topological polar surface area (TPSA) is 41.5 Å². The van der Waals surface area contributed by atoms with E-state index < -0.39 is 0 Å². The zero-order chi connectivity index (χ0) is 11.2. The van der Waals surface area contributed by atoms with Gasteiger partial charge in [-0.05, 0) is 12.1 Å². The van der Waals surface area contributed by atoms with Gasteiger partial charge in [-0.15, -0.1) is 11.8 Å². The van der Waals surface area contributed by atoms with E-state index in [4.69, 9.17) is 0 Å². The molecule has 0 bridgehead atoms. The van der Waals surface area contributed by atoms with Crippen molar-refractivity contribution in [2.45, 2.75) is 5.37 Å². The summed E-state index contributed by atoms with van der Waals surface area (Å²) in [5, 5.41) is 2.78. The van der Waals surface area contributed by atoms with Gasteiger partial charge >= 0.3 is 0 Å². The largest absolute Gasteiger partial charge is 0.339 e. The number of nitrogens with zero attached hydrogens (tertiary/aromatic N) is 1. The van der Waals surface area contributed by atoms with Gasteiger partial charge in [0, 0.05) is 11.9 Å². The van der Waals surface area contributed by atoms with Crippen LogP contribution in [-0.2, 0) is 4.79 Å². The first kappa shape index (κ1) is 10.8. The van der Waals surface area contributed by atoms with Crippen molar-refractivity contribution >= 4 is 29.2 Å². The quantitative estimate of drug-likeness (QED) is 0.622. The van der Waals surface area contributed by atoms with Crippen molar-refractivity contribution < 1.29 is 4.79 Å². The summed E-state index contributed by atoms with van der Waals surface area (Å²) < 4.78 is 0. The second kappa shape index (κ2) is 5.38. The molecule has 2 rings (SSSR count). The molecule has 16 heavy (non-hydrogen) atoms. The molecule has 1 fully saturated rings. The fourth-order valence-corrected chi connectivity index (χ4v) is 2.00. The monoisotopic (exact) mass is 230 g/mol. The minimum Gasteiger partial charge on any atom is -0.339 e. The van der Waals surface area contributed by atoms with Gasteiger partial charge in [0.25, 0.3) is 0 Å². The summed E-state index contributed by atoms with van der Waals surface area (Å²) in [7, 11) is 0. The molecule has 0 saturated carbocycles. The zero-order valence-electron chi connectivity index (χ0n) is 8.51. The molecule has 1 amide bonds. The zero-order valence-corrected chi connectivity index (χ0v) is 9.33. The number of hydrogen-bond donors (Lipinski definition) is 1. The molecule has 1 saturated heterocycles. The highest BCUT2D eigenvalue weighted by Crippen LogP contribution is 2.14. The summed E-state index contributed by atoms with van der Waals surface area (Å²) in [4.78, 5) is 15.0. The van der Waals surface area contributed by atoms with Crippen LogP contribution in [0.15, 0.2) is 47.1 Å². The van der Waals surface area contributed by atoms with E-state index in [0.29, 0.717) is 5.75 Å². The number of amides is 1. The molecule has 4 heteroatoms. The Hall–Kier alpha value is -1.73. The van der Waals surface area contributed by atoms with Crippen LogP contribution in [0, 0.1) is 0 Å². The lowest BCUT2D eigenvalue weighted by Crippen LogP contribution is -2.22. The summed E-state index contributed by atoms with van der Waals surface area (Å²) in [6.45, 7) is 0. The summed E-state index contributed by atoms with van der Waals surface area (Å²) >= 11 is 1.54. The standard InChI is InChI=1S/C12H10N2OS/c15-11-9-16-12(14-11)7-4-8-13-10-5-2-1-3-6-10/h1-3,5-7,12H,9H2,(H,14,15). The summed E-state index contributed by atoms with van der Waals surface area (Å²) in [6, 6.07) is 9.54. The maximum Gasteiger partial charge on any atom is 0.231 e. The predicted molar refractivity (Wildman–Crippen MR) is 66.0 cm³/mol. The summed E-state index contributed by atoms with van der Waals surface area (Å²) in [6.07, 6.45) is 1.75. The third kappa shape index (κ3) is 3.14. The Bertz CT molecular complexity index is 471. The molecule has 80 valence electrons. The molecule has 1 heterocycles. The minimum absolute atomic E-state index is 0.00553. The minimum atomic E-state index is 0.00553. The molecule has 1 atom stereocenters. The first-order valence-corrected chi connectivity index (χ1v) is 5.90. The molecule has 0 spiro atoms. The number of carbonyl (C=O) groups is 1. The van der Waals surface area contributed by atoms with E-state index in [1.165, 1.54) is 11.8 Å². The van der Waals surface area contributed by atoms with E-state index in [2.05, 4.69) is 21.9 Å². The molecule has 1 aliphatic heterocycles. The normalized spacial score (nSPS) is 18.2. The van der Waals surface area contributed by atoms with Crippen molar-refractivity contribution in [1.29, 1.82) is 0 Å². The Kier molecular flexibility index (Phi) is 3.62. The lowest BCUT2D eigenvalue weighted by molar-refractivity contribution is -0.117. The number of benzene rings is 1. The van der Waals surface area contributed by atoms with Crippen molar-refractivity contribution in [2.75, 3.05) is 5.75 Å². The molecule has 3 nitrogen and oxygen atoms in total. The smallest absolute Gasteiger partial charge is 0.231 e. The van der Waals surface area contributed by atoms with Gasteiger partial charge in [0.05, 0.1) is 11.4 Å². The lowest BCUT2D eigenvalue weighted by atomic mass is 10.3. The fourth-order valence-electron chi connectivity index (χ4n) is 1.21. The summed E-state index contributed by atoms with van der Waals surface area (Å²) in [5.41, 5.74) is 3.66. The average molecular weight is 230 g/mol. The molecule has 0 aliphatic carbocycles. The van der Waals surface area contributed by atoms with E-state index in [9.17, 15) is 4.79 Å². The number of para-hydroxylation sites is 1. The van der Waals surface area contributed by atoms with Gasteiger partial charge in [-0.2, -0.15) is 4.99 Å². The second-order valence-corrected chi connectivity index (χ2v) is 4.30. The molecule has 1 aromatic rings. The predicted octanol–water partition coefficient (Wildman–Crippen LogP) is 1.89. The molecular weight excluding hydrogens is 220 g/mol. The lowest BCUT2D eigenvalue weighted by Gasteiger charge is -1.96. The van der Waals surface area contributed by atoms with Gasteiger partial charge in [0.2, 0.25) is 5.91 Å². The number of carbonyl (C=O) groups excluding carboxylic acids is 1. The van der Waals surface area contributed by atoms with Gasteiger partial charge in [0.1, 0.15) is 5.37 Å². The van der Waals surface area contributed by atoms with Crippen molar-refractivity contribution in [2.24, 2.45) is 4.99 Å². The van der Waals surface area contributed by atoms with Crippen molar-refractivity contribution in [1.82, 2.24) is 5.32 Å². The second-order valence-electron chi connectivity index (χ2n) is 3.17. The van der Waals surface area contributed by atoms with Crippen LogP contribution < -0.4 is 5.32 Å². The van der Waals surface area contributed by atoms with Crippen LogP contribution in [0.4, 0.5) is 5.69 Å². The van der Waals surface area contributed by atoms with Crippen LogP contribution in [0.25, 0.3) is 0 Å². The highest BCUT2D eigenvalue weighted by atomic mass is 32.2. The van der Waals surface area contributed by atoms with Crippen LogP contribution >= 0.6 is 11.8 Å². The molecule has 1 aliphatic rings. The Morgan fingerprint density at radius 2 is 2.25 bits per heavy atom. The number of hydrogen-bond acceptors (Lipinski definition) is 3. The molecule has 1 N–H and O–H groups in total. The Morgan fingerprint density at radius 3 is 2.94 bits per heavy atom. The van der Waals surface area contributed by atoms with E-state index in [1.807, 2.05) is 30.3 Å². The molecule has 0 aromatic heterocycles. The molecular formula is C12H10N2OS. The highest BCUT2D eigenvalue weighted by molar-refractivity contribution is 8.01. The SMILES string of the molecule is O=C1CSC(C=C=C=Nc2ccccc2)N1. The van der Waals surface area contributed by atoms with Crippen molar-refractivity contribution in [3.8, 4) is 0 Å². The fraction of sp³-hybridized carbons (Fsp3) is 0.167. The number of nitrogens with one attached hydrogen (secondary N) is 1. The van der Waals surface area contributed by atoms with Gasteiger partial charge in [0.15, 0.2) is 0 Å². The Balaban J connectivity index is 2.01. The molecule has 1 aromatic carbocycles. The molecule has 0 radical (unpaired) electrons. The van der Waals surface area contributed by atoms with Crippen molar-refractivity contribution in [3.05, 3.63) is 42.1 Å². The molecule has 1 unspecified atom stereocenters. The van der Waals surface area contributed by atoms with E-state index in [-0.39, 0.29) is 11.3 Å². The number of thioether (sulfide) groups is 1. The van der Waals surface area contributed by atoms with Gasteiger partial charge in [-0.25, -0.2) is 0 Å². The van der Waals surface area contributed by atoms with E-state index in [1.54, 1.807) is 6.08 Å². The van der Waals surface area contributed by atoms with E-state index >= 15 is 0 Å². The van der Waals surface area contributed by atoms with Crippen molar-refractivity contribution in [3.63, 3.8) is 0 Å². The van der Waals surface area contributed by atoms with Gasteiger partial charge in [-0.1, -0.05) is 23.9 Å². The number of aliphatic imine (C=N–C) groups is 1. The maximum absolute atomic E-state index is 10.9. The maximum atomic E-state index is 10.9. The first-order chi connectivity index (χ1) is 7.84. The average Bonchev–Trinajstić information content (AvgIpc) is 2.72. The van der Waals surface area contributed by atoms with Crippen LogP contribution in [0.2, 0.25) is 0 Å². The number of rotatable bonds is 2. The highest BCUT2D eigenvalue weighted by Gasteiger charge is 2.17. The first-order valence-electron chi connectivity index (χ1n) is 4.85. The van der Waals surface area contributed by atoms with Crippen LogP contribution in [0.5, 0.6) is 0 Å². The summed E-state index contributed by atoms with van der Waals surface area (Å²) in [5.74, 6) is 3.27.